The number of carbonyl (C=O) groups excluding carboxylic acids is 1. The fourth-order valence-electron chi connectivity index (χ4n) is 2.33. The molecule has 0 unspecified atom stereocenters. The molecule has 0 saturated heterocycles. The topological polar surface area (TPSA) is 38.1 Å². The maximum Gasteiger partial charge on any atom is 0.241 e. The number of pyridine rings is 1. The van der Waals surface area contributed by atoms with Gasteiger partial charge in [0.05, 0.1) is 10.5 Å². The van der Waals surface area contributed by atoms with Crippen LogP contribution in [0.5, 0.6) is 0 Å². The van der Waals surface area contributed by atoms with E-state index < -0.39 is 0 Å². The molecule has 0 aliphatic rings. The fraction of sp³-hybridized carbons (Fsp3) is 0.176. The van der Waals surface area contributed by atoms with E-state index in [1.807, 2.05) is 47.2 Å². The summed E-state index contributed by atoms with van der Waals surface area (Å²) in [5.41, 5.74) is 3.66. The van der Waals surface area contributed by atoms with Gasteiger partial charge < -0.3 is 9.47 Å². The number of halogens is 1. The van der Waals surface area contributed by atoms with Crippen molar-refractivity contribution in [2.75, 3.05) is 14.1 Å². The summed E-state index contributed by atoms with van der Waals surface area (Å²) >= 11 is 6.23. The Bertz CT molecular complexity index is 825. The molecular formula is C17H16ClN3O. The third-order valence-electron chi connectivity index (χ3n) is 3.58. The van der Waals surface area contributed by atoms with Gasteiger partial charge in [-0.15, -0.1) is 0 Å². The summed E-state index contributed by atoms with van der Waals surface area (Å²) in [6.07, 6.45) is 3.57. The third-order valence-corrected chi connectivity index (χ3v) is 3.86. The number of hydrogen-bond acceptors (Lipinski definition) is 2. The molecule has 2 aromatic heterocycles. The number of benzene rings is 1. The summed E-state index contributed by atoms with van der Waals surface area (Å²) in [6.45, 7) is 0.246. The lowest BCUT2D eigenvalue weighted by molar-refractivity contribution is -0.129. The Kier molecular flexibility index (Phi) is 3.86. The van der Waals surface area contributed by atoms with Crippen molar-refractivity contribution >= 4 is 28.5 Å². The standard InChI is InChI=1S/C17H16ClN3O/c1-20(2)16(22)11-21-10-14(18)17-15(21)8-13(9-19-17)12-6-4-3-5-7-12/h3-10H,11H2,1-2H3. The Balaban J connectivity index is 2.08. The minimum absolute atomic E-state index is 0.0127. The summed E-state index contributed by atoms with van der Waals surface area (Å²) in [5.74, 6) is 0.0127. The molecule has 1 aromatic carbocycles. The van der Waals surface area contributed by atoms with Crippen molar-refractivity contribution in [1.82, 2.24) is 14.5 Å². The molecule has 0 aliphatic carbocycles. The SMILES string of the molecule is CN(C)C(=O)Cn1cc(Cl)c2ncc(-c3ccccc3)cc21. The van der Waals surface area contributed by atoms with Crippen molar-refractivity contribution in [2.24, 2.45) is 0 Å². The van der Waals surface area contributed by atoms with Crippen LogP contribution in [0, 0.1) is 0 Å². The summed E-state index contributed by atoms with van der Waals surface area (Å²) < 4.78 is 1.85. The molecular weight excluding hydrogens is 298 g/mol. The molecule has 0 aliphatic heterocycles. The average Bonchev–Trinajstić information content (AvgIpc) is 2.84. The predicted molar refractivity (Wildman–Crippen MR) is 88.9 cm³/mol. The normalized spacial score (nSPS) is 10.9. The van der Waals surface area contributed by atoms with Crippen molar-refractivity contribution in [3.05, 3.63) is 53.8 Å². The molecule has 112 valence electrons. The van der Waals surface area contributed by atoms with E-state index in [1.54, 1.807) is 25.2 Å². The van der Waals surface area contributed by atoms with E-state index in [1.165, 1.54) is 0 Å². The molecule has 3 aromatic rings. The summed E-state index contributed by atoms with van der Waals surface area (Å²) in [4.78, 5) is 18.0. The van der Waals surface area contributed by atoms with Gasteiger partial charge in [0.15, 0.2) is 0 Å². The van der Waals surface area contributed by atoms with Crippen LogP contribution in [-0.4, -0.2) is 34.5 Å². The second-order valence-electron chi connectivity index (χ2n) is 5.35. The highest BCUT2D eigenvalue weighted by Gasteiger charge is 2.13. The molecule has 0 spiro atoms. The molecule has 0 atom stereocenters. The molecule has 22 heavy (non-hydrogen) atoms. The molecule has 2 heterocycles. The van der Waals surface area contributed by atoms with Crippen molar-refractivity contribution in [2.45, 2.75) is 6.54 Å². The number of amides is 1. The van der Waals surface area contributed by atoms with E-state index in [-0.39, 0.29) is 12.5 Å². The molecule has 1 amide bonds. The largest absolute Gasteiger partial charge is 0.347 e. The summed E-state index contributed by atoms with van der Waals surface area (Å²) in [7, 11) is 3.48. The highest BCUT2D eigenvalue weighted by molar-refractivity contribution is 6.35. The zero-order chi connectivity index (χ0) is 15.7. The highest BCUT2D eigenvalue weighted by Crippen LogP contribution is 2.28. The lowest BCUT2D eigenvalue weighted by Gasteiger charge is -2.11. The Morgan fingerprint density at radius 2 is 1.95 bits per heavy atom. The van der Waals surface area contributed by atoms with E-state index in [4.69, 9.17) is 11.6 Å². The maximum atomic E-state index is 12.0. The van der Waals surface area contributed by atoms with Crippen LogP contribution in [0.3, 0.4) is 0 Å². The van der Waals surface area contributed by atoms with Gasteiger partial charge in [0.2, 0.25) is 5.91 Å². The predicted octanol–water partition coefficient (Wildman–Crippen LogP) is 3.44. The van der Waals surface area contributed by atoms with Crippen LogP contribution in [0.2, 0.25) is 5.02 Å². The van der Waals surface area contributed by atoms with Crippen molar-refractivity contribution in [3.8, 4) is 11.1 Å². The van der Waals surface area contributed by atoms with Gasteiger partial charge in [-0.3, -0.25) is 9.78 Å². The second-order valence-corrected chi connectivity index (χ2v) is 5.76. The molecule has 4 nitrogen and oxygen atoms in total. The molecule has 0 bridgehead atoms. The minimum Gasteiger partial charge on any atom is -0.347 e. The third kappa shape index (κ3) is 2.70. The van der Waals surface area contributed by atoms with Gasteiger partial charge in [-0.05, 0) is 11.6 Å². The van der Waals surface area contributed by atoms with E-state index in [0.29, 0.717) is 10.5 Å². The van der Waals surface area contributed by atoms with Gasteiger partial charge in [0, 0.05) is 32.1 Å². The van der Waals surface area contributed by atoms with Crippen molar-refractivity contribution in [1.29, 1.82) is 0 Å². The first-order valence-corrected chi connectivity index (χ1v) is 7.34. The zero-order valence-corrected chi connectivity index (χ0v) is 13.2. The van der Waals surface area contributed by atoms with E-state index >= 15 is 0 Å². The second kappa shape index (κ2) is 5.81. The Morgan fingerprint density at radius 3 is 2.64 bits per heavy atom. The number of likely N-dealkylation sites (N-methyl/N-ethyl adjacent to an activating group) is 1. The zero-order valence-electron chi connectivity index (χ0n) is 12.5. The number of rotatable bonds is 3. The quantitative estimate of drug-likeness (QED) is 0.743. The van der Waals surface area contributed by atoms with Gasteiger partial charge in [0.1, 0.15) is 12.1 Å². The van der Waals surface area contributed by atoms with Crippen LogP contribution in [0.15, 0.2) is 48.8 Å². The Labute approximate surface area is 133 Å². The van der Waals surface area contributed by atoms with Crippen LogP contribution < -0.4 is 0 Å². The Hall–Kier alpha value is -2.33. The minimum atomic E-state index is 0.0127. The van der Waals surface area contributed by atoms with Gasteiger partial charge in [-0.1, -0.05) is 41.9 Å². The number of fused-ring (bicyclic) bond motifs is 1. The molecule has 0 N–H and O–H groups in total. The average molecular weight is 314 g/mol. The van der Waals surface area contributed by atoms with Crippen LogP contribution >= 0.6 is 11.6 Å². The van der Waals surface area contributed by atoms with Crippen LogP contribution in [0.25, 0.3) is 22.2 Å². The number of carbonyl (C=O) groups is 1. The Morgan fingerprint density at radius 1 is 1.23 bits per heavy atom. The van der Waals surface area contributed by atoms with Crippen LogP contribution in [-0.2, 0) is 11.3 Å². The lowest BCUT2D eigenvalue weighted by Crippen LogP contribution is -2.25. The van der Waals surface area contributed by atoms with E-state index in [2.05, 4.69) is 4.98 Å². The van der Waals surface area contributed by atoms with Crippen molar-refractivity contribution < 1.29 is 4.79 Å². The van der Waals surface area contributed by atoms with Crippen molar-refractivity contribution in [3.63, 3.8) is 0 Å². The molecule has 0 saturated carbocycles. The first kappa shape index (κ1) is 14.6. The van der Waals surface area contributed by atoms with Gasteiger partial charge in [-0.25, -0.2) is 0 Å². The highest BCUT2D eigenvalue weighted by atomic mass is 35.5. The van der Waals surface area contributed by atoms with Gasteiger partial charge >= 0.3 is 0 Å². The number of hydrogen-bond donors (Lipinski definition) is 0. The van der Waals surface area contributed by atoms with E-state index in [0.717, 1.165) is 16.6 Å². The van der Waals surface area contributed by atoms with Gasteiger partial charge in [-0.2, -0.15) is 0 Å². The first-order valence-electron chi connectivity index (χ1n) is 6.96. The number of aromatic nitrogens is 2. The first-order chi connectivity index (χ1) is 10.6. The smallest absolute Gasteiger partial charge is 0.241 e. The molecule has 0 radical (unpaired) electrons. The monoisotopic (exact) mass is 313 g/mol. The van der Waals surface area contributed by atoms with Gasteiger partial charge in [0.25, 0.3) is 0 Å². The summed E-state index contributed by atoms with van der Waals surface area (Å²) in [5, 5.41) is 0.557. The summed E-state index contributed by atoms with van der Waals surface area (Å²) in [6, 6.07) is 12.0. The molecule has 5 heteroatoms. The maximum absolute atomic E-state index is 12.0. The lowest BCUT2D eigenvalue weighted by atomic mass is 10.1. The molecule has 0 fully saturated rings. The fourth-order valence-corrected chi connectivity index (χ4v) is 2.59. The van der Waals surface area contributed by atoms with Crippen LogP contribution in [0.4, 0.5) is 0 Å². The van der Waals surface area contributed by atoms with E-state index in [9.17, 15) is 4.79 Å². The number of nitrogens with zero attached hydrogens (tertiary/aromatic N) is 3. The molecule has 3 rings (SSSR count). The van der Waals surface area contributed by atoms with Crippen LogP contribution in [0.1, 0.15) is 0 Å².